The van der Waals surface area contributed by atoms with Gasteiger partial charge in [0.15, 0.2) is 0 Å². The van der Waals surface area contributed by atoms with Crippen LogP contribution in [0.2, 0.25) is 10.0 Å². The number of hydrogen-bond acceptors (Lipinski definition) is 3. The van der Waals surface area contributed by atoms with Crippen molar-refractivity contribution in [3.63, 3.8) is 0 Å². The Kier molecular flexibility index (Phi) is 3.75. The third kappa shape index (κ3) is 2.25. The summed E-state index contributed by atoms with van der Waals surface area (Å²) in [4.78, 5) is 0.00302. The predicted molar refractivity (Wildman–Crippen MR) is 77.4 cm³/mol. The average Bonchev–Trinajstić information content (AvgIpc) is 3.03. The van der Waals surface area contributed by atoms with Gasteiger partial charge in [-0.2, -0.15) is 4.31 Å². The highest BCUT2D eigenvalue weighted by molar-refractivity contribution is 7.89. The zero-order valence-corrected chi connectivity index (χ0v) is 13.0. The molecule has 1 saturated carbocycles. The van der Waals surface area contributed by atoms with Crippen molar-refractivity contribution in [2.24, 2.45) is 5.92 Å². The molecule has 2 unspecified atom stereocenters. The normalized spacial score (nSPS) is 26.4. The average molecular weight is 336 g/mol. The third-order valence-corrected chi connectivity index (χ3v) is 6.91. The fourth-order valence-electron chi connectivity index (χ4n) is 3.22. The fraction of sp³-hybridized carbons (Fsp3) is 0.538. The van der Waals surface area contributed by atoms with Crippen LogP contribution in [0.25, 0.3) is 0 Å². The van der Waals surface area contributed by atoms with Crippen LogP contribution in [0, 0.1) is 5.92 Å². The van der Waals surface area contributed by atoms with Crippen LogP contribution < -0.4 is 0 Å². The van der Waals surface area contributed by atoms with Crippen LogP contribution >= 0.6 is 23.2 Å². The zero-order valence-electron chi connectivity index (χ0n) is 10.7. The molecule has 1 aliphatic heterocycles. The van der Waals surface area contributed by atoms with Crippen molar-refractivity contribution in [3.8, 4) is 0 Å². The molecule has 110 valence electrons. The Morgan fingerprint density at radius 2 is 2.05 bits per heavy atom. The number of halogens is 2. The standard InChI is InChI=1S/C13H15Cl2NO3S/c14-10-4-9(7-17)13(15)12(5-10)20(18,19)16-6-8-1-2-11(16)3-8/h4-5,8,11,17H,1-3,6-7H2. The Morgan fingerprint density at radius 3 is 2.60 bits per heavy atom. The quantitative estimate of drug-likeness (QED) is 0.923. The molecule has 0 radical (unpaired) electrons. The number of hydrogen-bond donors (Lipinski definition) is 1. The van der Waals surface area contributed by atoms with Gasteiger partial charge in [-0.3, -0.25) is 0 Å². The second-order valence-corrected chi connectivity index (χ2v) is 8.12. The molecule has 0 spiro atoms. The number of aliphatic hydroxyl groups is 1. The van der Waals surface area contributed by atoms with E-state index in [9.17, 15) is 13.5 Å². The van der Waals surface area contributed by atoms with Gasteiger partial charge in [-0.15, -0.1) is 0 Å². The van der Waals surface area contributed by atoms with Gasteiger partial charge in [0.2, 0.25) is 10.0 Å². The smallest absolute Gasteiger partial charge is 0.244 e. The molecule has 1 N–H and O–H groups in total. The molecule has 1 aromatic rings. The molecule has 20 heavy (non-hydrogen) atoms. The van der Waals surface area contributed by atoms with Crippen molar-refractivity contribution in [2.75, 3.05) is 6.54 Å². The van der Waals surface area contributed by atoms with E-state index in [4.69, 9.17) is 23.2 Å². The molecule has 2 atom stereocenters. The van der Waals surface area contributed by atoms with Crippen molar-refractivity contribution in [2.45, 2.75) is 36.8 Å². The number of rotatable bonds is 3. The minimum absolute atomic E-state index is 0.00302. The van der Waals surface area contributed by atoms with E-state index in [1.807, 2.05) is 0 Å². The molecular weight excluding hydrogens is 321 g/mol. The molecule has 2 bridgehead atoms. The van der Waals surface area contributed by atoms with Gasteiger partial charge in [-0.1, -0.05) is 23.2 Å². The van der Waals surface area contributed by atoms with Crippen LogP contribution in [0.1, 0.15) is 24.8 Å². The van der Waals surface area contributed by atoms with E-state index >= 15 is 0 Å². The van der Waals surface area contributed by atoms with E-state index in [-0.39, 0.29) is 27.6 Å². The molecule has 1 saturated heterocycles. The molecular formula is C13H15Cl2NO3S. The summed E-state index contributed by atoms with van der Waals surface area (Å²) in [5.74, 6) is 0.463. The molecule has 7 heteroatoms. The first-order valence-electron chi connectivity index (χ1n) is 6.54. The van der Waals surface area contributed by atoms with Crippen molar-refractivity contribution in [3.05, 3.63) is 27.7 Å². The Labute approximate surface area is 128 Å². The van der Waals surface area contributed by atoms with Crippen molar-refractivity contribution >= 4 is 33.2 Å². The number of fused-ring (bicyclic) bond motifs is 2. The lowest BCUT2D eigenvalue weighted by Crippen LogP contribution is -2.37. The van der Waals surface area contributed by atoms with E-state index in [1.165, 1.54) is 12.1 Å². The number of benzene rings is 1. The number of aliphatic hydroxyl groups excluding tert-OH is 1. The molecule has 1 aliphatic carbocycles. The summed E-state index contributed by atoms with van der Waals surface area (Å²) in [6.07, 6.45) is 2.95. The first-order valence-corrected chi connectivity index (χ1v) is 8.73. The van der Waals surface area contributed by atoms with E-state index in [0.29, 0.717) is 18.0 Å². The second kappa shape index (κ2) is 5.14. The van der Waals surface area contributed by atoms with Gasteiger partial charge in [0.25, 0.3) is 0 Å². The summed E-state index contributed by atoms with van der Waals surface area (Å²) in [7, 11) is -3.65. The van der Waals surface area contributed by atoms with E-state index in [1.54, 1.807) is 4.31 Å². The lowest BCUT2D eigenvalue weighted by atomic mass is 10.1. The van der Waals surface area contributed by atoms with Crippen LogP contribution in [0.4, 0.5) is 0 Å². The summed E-state index contributed by atoms with van der Waals surface area (Å²) in [6.45, 7) is 0.221. The Morgan fingerprint density at radius 1 is 1.30 bits per heavy atom. The first-order chi connectivity index (χ1) is 9.43. The largest absolute Gasteiger partial charge is 0.392 e. The maximum Gasteiger partial charge on any atom is 0.244 e. The van der Waals surface area contributed by atoms with Crippen LogP contribution in [0.15, 0.2) is 17.0 Å². The van der Waals surface area contributed by atoms with E-state index in [2.05, 4.69) is 0 Å². The summed E-state index contributed by atoms with van der Waals surface area (Å²) < 4.78 is 27.1. The molecule has 1 aromatic carbocycles. The lowest BCUT2D eigenvalue weighted by Gasteiger charge is -2.26. The van der Waals surface area contributed by atoms with Crippen molar-refractivity contribution < 1.29 is 13.5 Å². The Bertz CT molecular complexity index is 647. The Balaban J connectivity index is 2.06. The van der Waals surface area contributed by atoms with Crippen LogP contribution in [0.5, 0.6) is 0 Å². The van der Waals surface area contributed by atoms with Gasteiger partial charge in [0.05, 0.1) is 11.6 Å². The van der Waals surface area contributed by atoms with Gasteiger partial charge in [-0.05, 0) is 42.9 Å². The molecule has 0 amide bonds. The Hall–Kier alpha value is -0.330. The SMILES string of the molecule is O=S(=O)(c1cc(Cl)cc(CO)c1Cl)N1CC2CCC1C2. The lowest BCUT2D eigenvalue weighted by molar-refractivity contribution is 0.281. The van der Waals surface area contributed by atoms with Gasteiger partial charge in [-0.25, -0.2) is 8.42 Å². The summed E-state index contributed by atoms with van der Waals surface area (Å²) in [5, 5.41) is 9.59. The highest BCUT2D eigenvalue weighted by atomic mass is 35.5. The molecule has 2 aliphatic rings. The van der Waals surface area contributed by atoms with Gasteiger partial charge in [0.1, 0.15) is 4.90 Å². The van der Waals surface area contributed by atoms with Crippen LogP contribution in [-0.2, 0) is 16.6 Å². The first kappa shape index (κ1) is 14.6. The summed E-state index contributed by atoms with van der Waals surface area (Å²) >= 11 is 12.1. The van der Waals surface area contributed by atoms with Crippen LogP contribution in [-0.4, -0.2) is 30.4 Å². The maximum absolute atomic E-state index is 12.8. The molecule has 1 heterocycles. The van der Waals surface area contributed by atoms with E-state index in [0.717, 1.165) is 19.3 Å². The van der Waals surface area contributed by atoms with Gasteiger partial charge >= 0.3 is 0 Å². The maximum atomic E-state index is 12.8. The van der Waals surface area contributed by atoms with Crippen molar-refractivity contribution in [1.29, 1.82) is 0 Å². The fourth-order valence-corrected chi connectivity index (χ4v) is 5.87. The van der Waals surface area contributed by atoms with E-state index < -0.39 is 10.0 Å². The molecule has 2 fully saturated rings. The zero-order chi connectivity index (χ0) is 14.5. The summed E-state index contributed by atoms with van der Waals surface area (Å²) in [6, 6.07) is 2.93. The molecule has 4 nitrogen and oxygen atoms in total. The van der Waals surface area contributed by atoms with Gasteiger partial charge in [0, 0.05) is 17.6 Å². The molecule has 3 rings (SSSR count). The van der Waals surface area contributed by atoms with Crippen LogP contribution in [0.3, 0.4) is 0 Å². The topological polar surface area (TPSA) is 57.6 Å². The predicted octanol–water partition coefficient (Wildman–Crippen LogP) is 2.66. The minimum Gasteiger partial charge on any atom is -0.392 e. The van der Waals surface area contributed by atoms with Crippen molar-refractivity contribution in [1.82, 2.24) is 4.31 Å². The monoisotopic (exact) mass is 335 g/mol. The second-order valence-electron chi connectivity index (χ2n) is 5.44. The number of sulfonamides is 1. The number of piperidine rings is 1. The highest BCUT2D eigenvalue weighted by Crippen LogP contribution is 2.42. The number of nitrogens with zero attached hydrogens (tertiary/aromatic N) is 1. The van der Waals surface area contributed by atoms with Gasteiger partial charge < -0.3 is 5.11 Å². The highest BCUT2D eigenvalue weighted by Gasteiger charge is 2.44. The summed E-state index contributed by atoms with van der Waals surface area (Å²) in [5.41, 5.74) is 0.335. The minimum atomic E-state index is -3.65. The molecule has 0 aromatic heterocycles. The third-order valence-electron chi connectivity index (χ3n) is 4.20.